The molecule has 3 heteroatoms. The summed E-state index contributed by atoms with van der Waals surface area (Å²) in [7, 11) is 0. The molecule has 1 aromatic rings. The third kappa shape index (κ3) is 2.60. The lowest BCUT2D eigenvalue weighted by atomic mass is 10.1. The van der Waals surface area contributed by atoms with Gasteiger partial charge < -0.3 is 0 Å². The Morgan fingerprint density at radius 1 is 1.46 bits per heavy atom. The van der Waals surface area contributed by atoms with Gasteiger partial charge in [0, 0.05) is 18.6 Å². The van der Waals surface area contributed by atoms with Gasteiger partial charge in [0.2, 0.25) is 0 Å². The molecule has 3 nitrogen and oxygen atoms in total. The highest BCUT2D eigenvalue weighted by Crippen LogP contribution is 2.12. The van der Waals surface area contributed by atoms with E-state index in [-0.39, 0.29) is 5.69 Å². The standard InChI is InChI=1S/C10H8NO2/c1-2-3-4-9-5-7-10(8-6-9)11(12)13/h1,3,5-8H,4H2. The topological polar surface area (TPSA) is 43.1 Å². The molecule has 0 heterocycles. The molecule has 0 aliphatic heterocycles. The average Bonchev–Trinajstić information content (AvgIpc) is 2.15. The maximum absolute atomic E-state index is 10.3. The van der Waals surface area contributed by atoms with Crippen molar-refractivity contribution in [2.45, 2.75) is 6.42 Å². The fourth-order valence-corrected chi connectivity index (χ4v) is 0.931. The summed E-state index contributed by atoms with van der Waals surface area (Å²) in [4.78, 5) is 9.87. The molecule has 0 bridgehead atoms. The molecule has 0 aliphatic rings. The lowest BCUT2D eigenvalue weighted by molar-refractivity contribution is -0.384. The minimum absolute atomic E-state index is 0.101. The van der Waals surface area contributed by atoms with Crippen LogP contribution in [0.15, 0.2) is 24.3 Å². The Hall–Kier alpha value is -1.82. The second-order valence-corrected chi connectivity index (χ2v) is 2.50. The first kappa shape index (κ1) is 9.27. The molecule has 0 saturated carbocycles. The normalized spacial score (nSPS) is 9.15. The Labute approximate surface area is 76.5 Å². The van der Waals surface area contributed by atoms with E-state index in [1.807, 2.05) is 0 Å². The molecule has 0 spiro atoms. The molecule has 0 atom stereocenters. The van der Waals surface area contributed by atoms with Crippen molar-refractivity contribution in [3.05, 3.63) is 46.4 Å². The third-order valence-corrected chi connectivity index (χ3v) is 1.60. The molecule has 1 radical (unpaired) electrons. The molecule has 1 aromatic carbocycles. The fourth-order valence-electron chi connectivity index (χ4n) is 0.931. The van der Waals surface area contributed by atoms with Gasteiger partial charge in [0.15, 0.2) is 0 Å². The maximum atomic E-state index is 10.3. The molecule has 0 N–H and O–H groups in total. The van der Waals surface area contributed by atoms with E-state index in [4.69, 9.17) is 6.42 Å². The van der Waals surface area contributed by atoms with Crippen molar-refractivity contribution in [1.82, 2.24) is 0 Å². The summed E-state index contributed by atoms with van der Waals surface area (Å²) < 4.78 is 0. The van der Waals surface area contributed by atoms with Gasteiger partial charge in [-0.3, -0.25) is 10.1 Å². The monoisotopic (exact) mass is 174 g/mol. The summed E-state index contributed by atoms with van der Waals surface area (Å²) in [6.45, 7) is 0. The number of benzene rings is 1. The predicted octanol–water partition coefficient (Wildman–Crippen LogP) is 1.97. The van der Waals surface area contributed by atoms with Gasteiger partial charge in [-0.05, 0) is 12.0 Å². The molecule has 0 aliphatic carbocycles. The molecule has 0 saturated heterocycles. The highest BCUT2D eigenvalue weighted by molar-refractivity contribution is 5.33. The minimum atomic E-state index is -0.422. The van der Waals surface area contributed by atoms with E-state index in [1.165, 1.54) is 12.1 Å². The molecular weight excluding hydrogens is 166 g/mol. The maximum Gasteiger partial charge on any atom is 0.269 e. The number of nitro groups is 1. The van der Waals surface area contributed by atoms with Gasteiger partial charge in [-0.1, -0.05) is 12.1 Å². The number of hydrogen-bond acceptors (Lipinski definition) is 2. The van der Waals surface area contributed by atoms with Gasteiger partial charge in [0.05, 0.1) is 4.92 Å². The Kier molecular flexibility index (Phi) is 3.04. The number of non-ortho nitro benzene ring substituents is 1. The van der Waals surface area contributed by atoms with Crippen LogP contribution in [0.2, 0.25) is 0 Å². The Balaban J connectivity index is 2.71. The molecule has 0 aromatic heterocycles. The van der Waals surface area contributed by atoms with Gasteiger partial charge in [-0.25, -0.2) is 0 Å². The Bertz CT molecular complexity index is 335. The molecule has 0 fully saturated rings. The molecule has 0 amide bonds. The van der Waals surface area contributed by atoms with Crippen LogP contribution in [0.5, 0.6) is 0 Å². The summed E-state index contributed by atoms with van der Waals surface area (Å²) in [5.74, 6) is 2.39. The summed E-state index contributed by atoms with van der Waals surface area (Å²) in [5.41, 5.74) is 1.08. The van der Waals surface area contributed by atoms with Gasteiger partial charge in [0.25, 0.3) is 5.69 Å². The van der Waals surface area contributed by atoms with Crippen molar-refractivity contribution >= 4 is 5.69 Å². The molecule has 13 heavy (non-hydrogen) atoms. The van der Waals surface area contributed by atoms with Crippen LogP contribution in [-0.2, 0) is 6.42 Å². The number of nitrogens with zero attached hydrogens (tertiary/aromatic N) is 1. The smallest absolute Gasteiger partial charge is 0.258 e. The third-order valence-electron chi connectivity index (χ3n) is 1.60. The number of nitro benzene ring substituents is 1. The summed E-state index contributed by atoms with van der Waals surface area (Å²) in [5, 5.41) is 10.3. The van der Waals surface area contributed by atoms with Crippen molar-refractivity contribution in [2.24, 2.45) is 0 Å². The zero-order valence-corrected chi connectivity index (χ0v) is 6.93. The van der Waals surface area contributed by atoms with Crippen LogP contribution in [-0.4, -0.2) is 4.92 Å². The number of rotatable bonds is 3. The van der Waals surface area contributed by atoms with E-state index < -0.39 is 4.92 Å². The van der Waals surface area contributed by atoms with Crippen LogP contribution < -0.4 is 0 Å². The SMILES string of the molecule is C#C[CH]Cc1ccc([N+](=O)[O-])cc1. The fraction of sp³-hybridized carbons (Fsp3) is 0.100. The van der Waals surface area contributed by atoms with Crippen molar-refractivity contribution in [1.29, 1.82) is 0 Å². The minimum Gasteiger partial charge on any atom is -0.258 e. The second kappa shape index (κ2) is 4.27. The predicted molar refractivity (Wildman–Crippen MR) is 49.9 cm³/mol. The highest BCUT2D eigenvalue weighted by atomic mass is 16.6. The van der Waals surface area contributed by atoms with Gasteiger partial charge in [0.1, 0.15) is 0 Å². The second-order valence-electron chi connectivity index (χ2n) is 2.50. The van der Waals surface area contributed by atoms with Crippen LogP contribution >= 0.6 is 0 Å². The van der Waals surface area contributed by atoms with Gasteiger partial charge in [-0.15, -0.1) is 12.3 Å². The zero-order valence-electron chi connectivity index (χ0n) is 6.93. The van der Waals surface area contributed by atoms with Crippen LogP contribution in [0.4, 0.5) is 5.69 Å². The largest absolute Gasteiger partial charge is 0.269 e. The zero-order chi connectivity index (χ0) is 9.68. The Morgan fingerprint density at radius 2 is 2.08 bits per heavy atom. The first-order valence-electron chi connectivity index (χ1n) is 3.75. The van der Waals surface area contributed by atoms with Gasteiger partial charge in [-0.2, -0.15) is 0 Å². The van der Waals surface area contributed by atoms with E-state index in [9.17, 15) is 10.1 Å². The molecule has 65 valence electrons. The lowest BCUT2D eigenvalue weighted by Crippen LogP contribution is -1.89. The van der Waals surface area contributed by atoms with Crippen molar-refractivity contribution in [2.75, 3.05) is 0 Å². The summed E-state index contributed by atoms with van der Waals surface area (Å²) in [6.07, 6.45) is 7.36. The quantitative estimate of drug-likeness (QED) is 0.399. The van der Waals surface area contributed by atoms with Crippen molar-refractivity contribution < 1.29 is 4.92 Å². The van der Waals surface area contributed by atoms with Crippen LogP contribution in [0.1, 0.15) is 5.56 Å². The van der Waals surface area contributed by atoms with Crippen molar-refractivity contribution in [3.8, 4) is 12.3 Å². The first-order chi connectivity index (χ1) is 6.24. The average molecular weight is 174 g/mol. The van der Waals surface area contributed by atoms with E-state index in [2.05, 4.69) is 5.92 Å². The van der Waals surface area contributed by atoms with Crippen LogP contribution in [0.25, 0.3) is 0 Å². The Morgan fingerprint density at radius 3 is 2.54 bits per heavy atom. The van der Waals surface area contributed by atoms with E-state index in [1.54, 1.807) is 18.6 Å². The lowest BCUT2D eigenvalue weighted by Gasteiger charge is -1.95. The van der Waals surface area contributed by atoms with Gasteiger partial charge >= 0.3 is 0 Å². The van der Waals surface area contributed by atoms with E-state index in [0.29, 0.717) is 6.42 Å². The summed E-state index contributed by atoms with van der Waals surface area (Å²) >= 11 is 0. The van der Waals surface area contributed by atoms with E-state index in [0.717, 1.165) is 5.56 Å². The van der Waals surface area contributed by atoms with Crippen LogP contribution in [0, 0.1) is 28.9 Å². The molecule has 1 rings (SSSR count). The van der Waals surface area contributed by atoms with Crippen molar-refractivity contribution in [3.63, 3.8) is 0 Å². The van der Waals surface area contributed by atoms with E-state index >= 15 is 0 Å². The number of terminal acetylenes is 1. The molecular formula is C10H8NO2. The number of hydrogen-bond donors (Lipinski definition) is 0. The highest BCUT2D eigenvalue weighted by Gasteiger charge is 2.02. The first-order valence-corrected chi connectivity index (χ1v) is 3.75. The molecule has 0 unspecified atom stereocenters. The van der Waals surface area contributed by atoms with Crippen LogP contribution in [0.3, 0.4) is 0 Å². The summed E-state index contributed by atoms with van der Waals surface area (Å²) in [6, 6.07) is 6.34.